The molecule has 0 atom stereocenters. The van der Waals surface area contributed by atoms with Crippen LogP contribution in [0.5, 0.6) is 5.75 Å². The van der Waals surface area contributed by atoms with Crippen LogP contribution in [-0.2, 0) is 17.9 Å². The highest BCUT2D eigenvalue weighted by atomic mass is 16.5. The predicted molar refractivity (Wildman–Crippen MR) is 119 cm³/mol. The smallest absolute Gasteiger partial charge is 0.236 e. The van der Waals surface area contributed by atoms with Gasteiger partial charge in [0.25, 0.3) is 0 Å². The highest BCUT2D eigenvalue weighted by Gasteiger charge is 2.32. The average molecular weight is 408 g/mol. The number of ether oxygens (including phenoxy) is 1. The molecule has 2 aromatic rings. The van der Waals surface area contributed by atoms with Crippen molar-refractivity contribution in [1.82, 2.24) is 14.7 Å². The molecule has 1 aliphatic heterocycles. The molecule has 2 aromatic carbocycles. The van der Waals surface area contributed by atoms with Crippen molar-refractivity contribution in [2.75, 3.05) is 39.8 Å². The molecule has 5 heteroatoms. The Morgan fingerprint density at radius 1 is 1.03 bits per heavy atom. The van der Waals surface area contributed by atoms with Crippen molar-refractivity contribution in [1.29, 1.82) is 0 Å². The lowest BCUT2D eigenvalue weighted by Gasteiger charge is -2.36. The lowest BCUT2D eigenvalue weighted by Crippen LogP contribution is -2.51. The highest BCUT2D eigenvalue weighted by molar-refractivity contribution is 5.78. The van der Waals surface area contributed by atoms with Crippen molar-refractivity contribution < 1.29 is 9.53 Å². The molecule has 1 amide bonds. The van der Waals surface area contributed by atoms with E-state index in [4.69, 9.17) is 4.74 Å². The van der Waals surface area contributed by atoms with Gasteiger partial charge in [-0.15, -0.1) is 0 Å². The van der Waals surface area contributed by atoms with Crippen LogP contribution in [0, 0.1) is 6.92 Å². The number of hydrogen-bond acceptors (Lipinski definition) is 4. The van der Waals surface area contributed by atoms with E-state index in [-0.39, 0.29) is 5.91 Å². The van der Waals surface area contributed by atoms with E-state index >= 15 is 0 Å². The zero-order chi connectivity index (χ0) is 20.9. The number of amides is 1. The van der Waals surface area contributed by atoms with Crippen LogP contribution in [0.3, 0.4) is 0 Å². The number of carbonyl (C=O) groups is 1. The third-order valence-electron chi connectivity index (χ3n) is 6.16. The quantitative estimate of drug-likeness (QED) is 0.673. The van der Waals surface area contributed by atoms with Crippen molar-refractivity contribution in [2.45, 2.75) is 38.9 Å². The number of carbonyl (C=O) groups excluding carboxylic acids is 1. The topological polar surface area (TPSA) is 36.0 Å². The van der Waals surface area contributed by atoms with Gasteiger partial charge in [-0.2, -0.15) is 0 Å². The fourth-order valence-electron chi connectivity index (χ4n) is 4.22. The minimum absolute atomic E-state index is 0.269. The number of methoxy groups -OCH3 is 1. The monoisotopic (exact) mass is 407 g/mol. The normalized spacial score (nSPS) is 17.4. The molecular weight excluding hydrogens is 374 g/mol. The predicted octanol–water partition coefficient (Wildman–Crippen LogP) is 3.31. The molecule has 0 spiro atoms. The van der Waals surface area contributed by atoms with Gasteiger partial charge in [-0.1, -0.05) is 42.0 Å². The first-order valence-electron chi connectivity index (χ1n) is 11.0. The lowest BCUT2D eigenvalue weighted by molar-refractivity contribution is -0.134. The van der Waals surface area contributed by atoms with Crippen LogP contribution in [0.2, 0.25) is 0 Å². The highest BCUT2D eigenvalue weighted by Crippen LogP contribution is 2.28. The third kappa shape index (κ3) is 5.61. The number of aryl methyl sites for hydroxylation is 1. The minimum atomic E-state index is 0.269. The molecule has 0 aromatic heterocycles. The minimum Gasteiger partial charge on any atom is -0.497 e. The van der Waals surface area contributed by atoms with E-state index in [1.54, 1.807) is 7.11 Å². The molecule has 1 aliphatic carbocycles. The number of benzene rings is 2. The van der Waals surface area contributed by atoms with E-state index in [1.165, 1.54) is 29.5 Å². The van der Waals surface area contributed by atoms with E-state index in [1.807, 2.05) is 12.1 Å². The molecule has 0 bridgehead atoms. The molecule has 1 saturated heterocycles. The van der Waals surface area contributed by atoms with Crippen LogP contribution in [0.1, 0.15) is 29.5 Å². The van der Waals surface area contributed by atoms with Gasteiger partial charge < -0.3 is 9.64 Å². The fourth-order valence-corrected chi connectivity index (χ4v) is 4.22. The van der Waals surface area contributed by atoms with Crippen molar-refractivity contribution in [3.05, 3.63) is 65.2 Å². The SMILES string of the molecule is COc1ccc(CN(CC(=O)N2CCN(Cc3cccc(C)c3)CC2)C2CC2)cc1. The summed E-state index contributed by atoms with van der Waals surface area (Å²) in [5.41, 5.74) is 3.89. The second kappa shape index (κ2) is 9.63. The largest absolute Gasteiger partial charge is 0.497 e. The molecule has 2 aliphatic rings. The molecule has 1 heterocycles. The van der Waals surface area contributed by atoms with Gasteiger partial charge >= 0.3 is 0 Å². The second-order valence-electron chi connectivity index (χ2n) is 8.63. The molecule has 0 radical (unpaired) electrons. The molecule has 30 heavy (non-hydrogen) atoms. The fraction of sp³-hybridized carbons (Fsp3) is 0.480. The zero-order valence-corrected chi connectivity index (χ0v) is 18.2. The summed E-state index contributed by atoms with van der Waals surface area (Å²) in [7, 11) is 1.69. The molecular formula is C25H33N3O2. The summed E-state index contributed by atoms with van der Waals surface area (Å²) in [5, 5.41) is 0. The van der Waals surface area contributed by atoms with Gasteiger partial charge in [0.1, 0.15) is 5.75 Å². The zero-order valence-electron chi connectivity index (χ0n) is 18.2. The first kappa shape index (κ1) is 20.9. The summed E-state index contributed by atoms with van der Waals surface area (Å²) in [5.74, 6) is 1.14. The molecule has 5 nitrogen and oxygen atoms in total. The number of nitrogens with zero attached hydrogens (tertiary/aromatic N) is 3. The average Bonchev–Trinajstić information content (AvgIpc) is 3.60. The standard InChI is InChI=1S/C25H33N3O2/c1-20-4-3-5-22(16-20)17-26-12-14-27(15-13-26)25(29)19-28(23-8-9-23)18-21-6-10-24(30-2)11-7-21/h3-7,10-11,16,23H,8-9,12-15,17-19H2,1-2H3. The van der Waals surface area contributed by atoms with Gasteiger partial charge in [0.15, 0.2) is 0 Å². The Morgan fingerprint density at radius 2 is 1.77 bits per heavy atom. The van der Waals surface area contributed by atoms with Crippen molar-refractivity contribution in [2.24, 2.45) is 0 Å². The van der Waals surface area contributed by atoms with Crippen LogP contribution in [0.15, 0.2) is 48.5 Å². The first-order valence-corrected chi connectivity index (χ1v) is 11.0. The Labute approximate surface area is 180 Å². The summed E-state index contributed by atoms with van der Waals surface area (Å²) in [6.45, 7) is 8.00. The van der Waals surface area contributed by atoms with E-state index in [0.29, 0.717) is 12.6 Å². The Bertz CT molecular complexity index is 840. The summed E-state index contributed by atoms with van der Waals surface area (Å²) in [6, 6.07) is 17.5. The van der Waals surface area contributed by atoms with Crippen LogP contribution >= 0.6 is 0 Å². The summed E-state index contributed by atoms with van der Waals surface area (Å²) in [6.07, 6.45) is 2.40. The Kier molecular flexibility index (Phi) is 6.70. The van der Waals surface area contributed by atoms with E-state index < -0.39 is 0 Å². The number of piperazine rings is 1. The number of rotatable bonds is 8. The molecule has 0 N–H and O–H groups in total. The molecule has 1 saturated carbocycles. The van der Waals surface area contributed by atoms with Crippen molar-refractivity contribution in [3.8, 4) is 5.75 Å². The summed E-state index contributed by atoms with van der Waals surface area (Å²) < 4.78 is 5.25. The Morgan fingerprint density at radius 3 is 2.40 bits per heavy atom. The maximum absolute atomic E-state index is 13.0. The van der Waals surface area contributed by atoms with Crippen molar-refractivity contribution >= 4 is 5.91 Å². The van der Waals surface area contributed by atoms with Gasteiger partial charge in [-0.25, -0.2) is 0 Å². The van der Waals surface area contributed by atoms with Gasteiger partial charge in [0.2, 0.25) is 5.91 Å². The van der Waals surface area contributed by atoms with Crippen LogP contribution in [0.4, 0.5) is 0 Å². The van der Waals surface area contributed by atoms with E-state index in [9.17, 15) is 4.79 Å². The summed E-state index contributed by atoms with van der Waals surface area (Å²) >= 11 is 0. The number of hydrogen-bond donors (Lipinski definition) is 0. The van der Waals surface area contributed by atoms with Crippen LogP contribution < -0.4 is 4.74 Å². The maximum atomic E-state index is 13.0. The first-order chi connectivity index (χ1) is 14.6. The molecule has 0 unspecified atom stereocenters. The van der Waals surface area contributed by atoms with Crippen LogP contribution in [-0.4, -0.2) is 66.5 Å². The summed E-state index contributed by atoms with van der Waals surface area (Å²) in [4.78, 5) is 19.8. The third-order valence-corrected chi connectivity index (χ3v) is 6.16. The van der Waals surface area contributed by atoms with Gasteiger partial charge in [0, 0.05) is 45.3 Å². The van der Waals surface area contributed by atoms with E-state index in [2.05, 4.69) is 58.0 Å². The second-order valence-corrected chi connectivity index (χ2v) is 8.63. The molecule has 2 fully saturated rings. The van der Waals surface area contributed by atoms with Gasteiger partial charge in [-0.3, -0.25) is 14.6 Å². The van der Waals surface area contributed by atoms with E-state index in [0.717, 1.165) is 45.0 Å². The molecule has 160 valence electrons. The van der Waals surface area contributed by atoms with Crippen molar-refractivity contribution in [3.63, 3.8) is 0 Å². The Balaban J connectivity index is 1.27. The van der Waals surface area contributed by atoms with Crippen LogP contribution in [0.25, 0.3) is 0 Å². The molecule has 4 rings (SSSR count). The lowest BCUT2D eigenvalue weighted by atomic mass is 10.1. The Hall–Kier alpha value is -2.37. The van der Waals surface area contributed by atoms with Gasteiger partial charge in [-0.05, 0) is 43.0 Å². The maximum Gasteiger partial charge on any atom is 0.236 e. The van der Waals surface area contributed by atoms with Gasteiger partial charge in [0.05, 0.1) is 13.7 Å².